The van der Waals surface area contributed by atoms with Crippen molar-refractivity contribution in [3.63, 3.8) is 0 Å². The Morgan fingerprint density at radius 1 is 0.897 bits per heavy atom. The monoisotopic (exact) mass is 556 g/mol. The van der Waals surface area contributed by atoms with E-state index in [0.717, 1.165) is 4.90 Å². The van der Waals surface area contributed by atoms with Gasteiger partial charge in [-0.25, -0.2) is 0 Å². The fourth-order valence-electron chi connectivity index (χ4n) is 4.66. The molecule has 0 spiro atoms. The van der Waals surface area contributed by atoms with Gasteiger partial charge in [-0.1, -0.05) is 0 Å². The number of aliphatic hydroxyl groups excluding tert-OH is 1. The molecule has 0 radical (unpaired) electrons. The first-order chi connectivity index (χ1) is 18.4. The average molecular weight is 557 g/mol. The molecule has 0 saturated carbocycles. The molecule has 5 amide bonds. The molecule has 0 aliphatic carbocycles. The molecule has 0 aromatic rings. The molecule has 218 valence electrons. The quantitative estimate of drug-likeness (QED) is 0.116. The van der Waals surface area contributed by atoms with Gasteiger partial charge in [0, 0.05) is 19.5 Å². The van der Waals surface area contributed by atoms with Gasteiger partial charge in [-0.3, -0.25) is 33.6 Å². The van der Waals surface area contributed by atoms with Crippen molar-refractivity contribution >= 4 is 41.5 Å². The van der Waals surface area contributed by atoms with Crippen LogP contribution in [-0.4, -0.2) is 123 Å². The molecular formula is C23H36N6O10. The topological polar surface area (TPSA) is 249 Å². The molecule has 2 rings (SSSR count). The van der Waals surface area contributed by atoms with E-state index in [4.69, 9.17) is 15.9 Å². The number of nitrogens with zero attached hydrogens (tertiary/aromatic N) is 2. The van der Waals surface area contributed by atoms with Gasteiger partial charge < -0.3 is 46.8 Å². The summed E-state index contributed by atoms with van der Waals surface area (Å²) < 4.78 is 0. The Hall–Kier alpha value is -3.79. The van der Waals surface area contributed by atoms with Crippen LogP contribution in [0.1, 0.15) is 45.4 Å². The van der Waals surface area contributed by atoms with E-state index in [1.807, 2.05) is 0 Å². The summed E-state index contributed by atoms with van der Waals surface area (Å²) in [5.41, 5.74) is 5.40. The first kappa shape index (κ1) is 31.4. The zero-order valence-corrected chi connectivity index (χ0v) is 21.6. The molecule has 2 aliphatic heterocycles. The highest BCUT2D eigenvalue weighted by molar-refractivity contribution is 5.96. The molecule has 39 heavy (non-hydrogen) atoms. The Morgan fingerprint density at radius 3 is 2.03 bits per heavy atom. The molecule has 2 saturated heterocycles. The largest absolute Gasteiger partial charge is 0.481 e. The van der Waals surface area contributed by atoms with Crippen LogP contribution in [0, 0.1) is 0 Å². The lowest BCUT2D eigenvalue weighted by atomic mass is 10.1. The van der Waals surface area contributed by atoms with E-state index >= 15 is 0 Å². The van der Waals surface area contributed by atoms with Gasteiger partial charge in [-0.2, -0.15) is 0 Å². The van der Waals surface area contributed by atoms with Gasteiger partial charge in [0.2, 0.25) is 29.5 Å². The Labute approximate surface area is 224 Å². The number of aliphatic carboxylic acids is 2. The van der Waals surface area contributed by atoms with Crippen molar-refractivity contribution in [2.24, 2.45) is 5.73 Å². The standard InChI is InChI=1S/C23H36N6O10/c1-12(30)19(23(39)29-9-3-4-14(29)21(37)25-11-18(34)35)27-20(36)13(6-7-17(32)33)26-22(38)15-5-2-8-28(15)16(31)10-24/h12-15,19,30H,2-11,24H2,1H3,(H,25,37)(H,26,38)(H,27,36)(H,32,33)(H,34,35). The highest BCUT2D eigenvalue weighted by Crippen LogP contribution is 2.20. The number of nitrogens with two attached hydrogens (primary N) is 1. The Bertz CT molecular complexity index is 973. The van der Waals surface area contributed by atoms with Crippen LogP contribution in [0.2, 0.25) is 0 Å². The second kappa shape index (κ2) is 14.4. The van der Waals surface area contributed by atoms with Crippen molar-refractivity contribution in [3.8, 4) is 0 Å². The smallest absolute Gasteiger partial charge is 0.322 e. The molecule has 5 unspecified atom stereocenters. The molecule has 16 heteroatoms. The third kappa shape index (κ3) is 8.61. The predicted octanol–water partition coefficient (Wildman–Crippen LogP) is -3.66. The number of aliphatic hydroxyl groups is 1. The summed E-state index contributed by atoms with van der Waals surface area (Å²) in [4.78, 5) is 88.2. The second-order valence-corrected chi connectivity index (χ2v) is 9.47. The van der Waals surface area contributed by atoms with Gasteiger partial charge in [0.15, 0.2) is 0 Å². The van der Waals surface area contributed by atoms with Gasteiger partial charge in [-0.05, 0) is 39.0 Å². The fraction of sp³-hybridized carbons (Fsp3) is 0.696. The summed E-state index contributed by atoms with van der Waals surface area (Å²) >= 11 is 0. The van der Waals surface area contributed by atoms with Gasteiger partial charge in [0.1, 0.15) is 30.7 Å². The van der Waals surface area contributed by atoms with E-state index in [0.29, 0.717) is 25.8 Å². The van der Waals surface area contributed by atoms with E-state index in [9.17, 15) is 38.7 Å². The molecule has 2 aliphatic rings. The first-order valence-corrected chi connectivity index (χ1v) is 12.7. The maximum Gasteiger partial charge on any atom is 0.322 e. The van der Waals surface area contributed by atoms with Crippen molar-refractivity contribution in [2.75, 3.05) is 26.2 Å². The summed E-state index contributed by atoms with van der Waals surface area (Å²) in [5.74, 6) is -6.08. The van der Waals surface area contributed by atoms with Gasteiger partial charge in [0.05, 0.1) is 12.6 Å². The van der Waals surface area contributed by atoms with Crippen LogP contribution in [0.3, 0.4) is 0 Å². The maximum absolute atomic E-state index is 13.3. The second-order valence-electron chi connectivity index (χ2n) is 9.47. The minimum Gasteiger partial charge on any atom is -0.481 e. The van der Waals surface area contributed by atoms with Crippen molar-refractivity contribution in [1.82, 2.24) is 25.8 Å². The van der Waals surface area contributed by atoms with Crippen molar-refractivity contribution in [3.05, 3.63) is 0 Å². The Balaban J connectivity index is 2.16. The number of amides is 5. The molecule has 0 aromatic carbocycles. The summed E-state index contributed by atoms with van der Waals surface area (Å²) in [6.45, 7) is 0.702. The van der Waals surface area contributed by atoms with Crippen LogP contribution in [0.15, 0.2) is 0 Å². The molecule has 2 fully saturated rings. The van der Waals surface area contributed by atoms with E-state index in [2.05, 4.69) is 16.0 Å². The number of nitrogens with one attached hydrogen (secondary N) is 3. The number of hydrogen-bond acceptors (Lipinski definition) is 9. The minimum absolute atomic E-state index is 0.120. The minimum atomic E-state index is -1.54. The lowest BCUT2D eigenvalue weighted by Gasteiger charge is -2.31. The van der Waals surface area contributed by atoms with E-state index in [-0.39, 0.29) is 25.9 Å². The number of carboxylic acid groups (broad SMARTS) is 2. The lowest BCUT2D eigenvalue weighted by Crippen LogP contribution is -2.60. The van der Waals surface area contributed by atoms with E-state index in [1.165, 1.54) is 11.8 Å². The van der Waals surface area contributed by atoms with Crippen LogP contribution in [-0.2, 0) is 33.6 Å². The van der Waals surface area contributed by atoms with Crippen LogP contribution in [0.25, 0.3) is 0 Å². The average Bonchev–Trinajstić information content (AvgIpc) is 3.57. The van der Waals surface area contributed by atoms with Crippen molar-refractivity contribution in [2.45, 2.75) is 75.7 Å². The van der Waals surface area contributed by atoms with Gasteiger partial charge in [0.25, 0.3) is 0 Å². The van der Waals surface area contributed by atoms with Gasteiger partial charge >= 0.3 is 11.9 Å². The number of carbonyl (C=O) groups is 7. The number of carboxylic acids is 2. The zero-order chi connectivity index (χ0) is 29.3. The number of hydrogen-bond donors (Lipinski definition) is 7. The molecule has 2 heterocycles. The van der Waals surface area contributed by atoms with Crippen molar-refractivity contribution in [1.29, 1.82) is 0 Å². The molecule has 5 atom stereocenters. The third-order valence-electron chi connectivity index (χ3n) is 6.63. The number of carbonyl (C=O) groups excluding carboxylic acids is 5. The predicted molar refractivity (Wildman–Crippen MR) is 132 cm³/mol. The van der Waals surface area contributed by atoms with Crippen LogP contribution < -0.4 is 21.7 Å². The van der Waals surface area contributed by atoms with E-state index < -0.39 is 84.7 Å². The van der Waals surface area contributed by atoms with Crippen LogP contribution >= 0.6 is 0 Å². The summed E-state index contributed by atoms with van der Waals surface area (Å²) in [7, 11) is 0. The maximum atomic E-state index is 13.3. The molecule has 0 bridgehead atoms. The molecule has 16 nitrogen and oxygen atoms in total. The molecule has 0 aromatic heterocycles. The van der Waals surface area contributed by atoms with Crippen LogP contribution in [0.4, 0.5) is 0 Å². The number of likely N-dealkylation sites (tertiary alicyclic amines) is 2. The molecular weight excluding hydrogens is 520 g/mol. The SMILES string of the molecule is CC(O)C(NC(=O)C(CCC(=O)O)NC(=O)C1CCCN1C(=O)CN)C(=O)N1CCCC1C(=O)NCC(=O)O. The normalized spacial score (nSPS) is 21.0. The van der Waals surface area contributed by atoms with Crippen molar-refractivity contribution < 1.29 is 48.9 Å². The summed E-state index contributed by atoms with van der Waals surface area (Å²) in [6, 6.07) is -4.86. The zero-order valence-electron chi connectivity index (χ0n) is 21.6. The third-order valence-corrected chi connectivity index (χ3v) is 6.63. The number of rotatable bonds is 13. The lowest BCUT2D eigenvalue weighted by molar-refractivity contribution is -0.145. The van der Waals surface area contributed by atoms with Gasteiger partial charge in [-0.15, -0.1) is 0 Å². The summed E-state index contributed by atoms with van der Waals surface area (Å²) in [5, 5.41) is 35.2. The fourth-order valence-corrected chi connectivity index (χ4v) is 4.66. The highest BCUT2D eigenvalue weighted by Gasteiger charge is 2.41. The highest BCUT2D eigenvalue weighted by atomic mass is 16.4. The Morgan fingerprint density at radius 2 is 1.49 bits per heavy atom. The Kier molecular flexibility index (Phi) is 11.6. The summed E-state index contributed by atoms with van der Waals surface area (Å²) in [6.07, 6.45) is -0.754. The molecule has 8 N–H and O–H groups in total. The van der Waals surface area contributed by atoms with Crippen LogP contribution in [0.5, 0.6) is 0 Å². The van der Waals surface area contributed by atoms with E-state index in [1.54, 1.807) is 0 Å². The first-order valence-electron chi connectivity index (χ1n) is 12.7.